The number of aromatic nitrogens is 4. The van der Waals surface area contributed by atoms with Crippen molar-refractivity contribution in [2.24, 2.45) is 0 Å². The fourth-order valence-electron chi connectivity index (χ4n) is 3.10. The summed E-state index contributed by atoms with van der Waals surface area (Å²) in [5.41, 5.74) is 3.20. The van der Waals surface area contributed by atoms with E-state index in [0.717, 1.165) is 16.8 Å². The van der Waals surface area contributed by atoms with E-state index < -0.39 is 0 Å². The van der Waals surface area contributed by atoms with Crippen molar-refractivity contribution < 1.29 is 9.53 Å². The lowest BCUT2D eigenvalue weighted by molar-refractivity contribution is -0.140. The first-order valence-electron chi connectivity index (χ1n) is 8.35. The van der Waals surface area contributed by atoms with Crippen molar-refractivity contribution in [1.29, 1.82) is 0 Å². The molecule has 7 nitrogen and oxygen atoms in total. The van der Waals surface area contributed by atoms with E-state index in [-0.39, 0.29) is 18.1 Å². The van der Waals surface area contributed by atoms with Crippen molar-refractivity contribution in [2.75, 3.05) is 18.8 Å². The summed E-state index contributed by atoms with van der Waals surface area (Å²) in [6.07, 6.45) is 0.136. The quantitative estimate of drug-likeness (QED) is 0.776. The van der Waals surface area contributed by atoms with Crippen molar-refractivity contribution in [3.8, 4) is 5.69 Å². The number of benzene rings is 1. The smallest absolute Gasteiger partial charge is 0.233 e. The van der Waals surface area contributed by atoms with Crippen LogP contribution in [0.5, 0.6) is 0 Å². The Labute approximate surface area is 151 Å². The molecular formula is C17H23N5O2S. The first-order chi connectivity index (χ1) is 11.9. The van der Waals surface area contributed by atoms with Gasteiger partial charge in [-0.3, -0.25) is 4.79 Å². The van der Waals surface area contributed by atoms with Crippen molar-refractivity contribution >= 4 is 17.7 Å². The molecular weight excluding hydrogens is 338 g/mol. The minimum absolute atomic E-state index is 0.0679. The SMILES string of the molecule is Cc1cc(C)cc(-n2nnnc2SCC(=O)N2C[C@@H](C)O[C@@H](C)C2)c1. The van der Waals surface area contributed by atoms with Crippen molar-refractivity contribution in [3.05, 3.63) is 29.3 Å². The number of morpholine rings is 1. The number of rotatable bonds is 4. The highest BCUT2D eigenvalue weighted by Gasteiger charge is 2.26. The number of amides is 1. The first-order valence-corrected chi connectivity index (χ1v) is 9.34. The standard InChI is InChI=1S/C17H23N5O2S/c1-11-5-12(2)7-15(6-11)22-17(18-19-20-22)25-10-16(23)21-8-13(3)24-14(4)9-21/h5-7,13-14H,8-10H2,1-4H3/t13-,14+. The summed E-state index contributed by atoms with van der Waals surface area (Å²) in [5.74, 6) is 0.395. The summed E-state index contributed by atoms with van der Waals surface area (Å²) in [6.45, 7) is 9.32. The number of aryl methyl sites for hydroxylation is 2. The third-order valence-electron chi connectivity index (χ3n) is 3.99. The number of carbonyl (C=O) groups is 1. The number of hydrogen-bond acceptors (Lipinski definition) is 6. The Morgan fingerprint density at radius 3 is 2.48 bits per heavy atom. The van der Waals surface area contributed by atoms with E-state index in [9.17, 15) is 4.79 Å². The van der Waals surface area contributed by atoms with E-state index in [1.807, 2.05) is 44.7 Å². The van der Waals surface area contributed by atoms with Gasteiger partial charge in [-0.25, -0.2) is 0 Å². The Balaban J connectivity index is 1.68. The van der Waals surface area contributed by atoms with Gasteiger partial charge in [0.05, 0.1) is 23.6 Å². The summed E-state index contributed by atoms with van der Waals surface area (Å²) < 4.78 is 7.36. The molecule has 2 atom stereocenters. The number of ether oxygens (including phenoxy) is 1. The molecule has 0 unspecified atom stereocenters. The molecule has 0 bridgehead atoms. The van der Waals surface area contributed by atoms with Gasteiger partial charge in [0.25, 0.3) is 0 Å². The topological polar surface area (TPSA) is 73.1 Å². The van der Waals surface area contributed by atoms with Gasteiger partial charge in [-0.2, -0.15) is 4.68 Å². The Morgan fingerprint density at radius 1 is 1.20 bits per heavy atom. The Kier molecular flexibility index (Phi) is 5.39. The molecule has 0 saturated carbocycles. The zero-order valence-corrected chi connectivity index (χ0v) is 15.8. The summed E-state index contributed by atoms with van der Waals surface area (Å²) in [6, 6.07) is 6.16. The summed E-state index contributed by atoms with van der Waals surface area (Å²) >= 11 is 1.36. The zero-order valence-electron chi connectivity index (χ0n) is 15.0. The van der Waals surface area contributed by atoms with E-state index >= 15 is 0 Å². The van der Waals surface area contributed by atoms with Crippen LogP contribution in [0.1, 0.15) is 25.0 Å². The first kappa shape index (κ1) is 17.9. The summed E-state index contributed by atoms with van der Waals surface area (Å²) in [4.78, 5) is 14.4. The average molecular weight is 361 g/mol. The normalized spacial score (nSPS) is 20.7. The maximum absolute atomic E-state index is 12.5. The molecule has 0 N–H and O–H groups in total. The molecule has 1 fully saturated rings. The molecule has 1 aliphatic heterocycles. The van der Waals surface area contributed by atoms with Crippen LogP contribution in [0.4, 0.5) is 0 Å². The predicted octanol–water partition coefficient (Wildman–Crippen LogP) is 2.01. The molecule has 3 rings (SSSR count). The zero-order chi connectivity index (χ0) is 18.0. The lowest BCUT2D eigenvalue weighted by Gasteiger charge is -2.35. The average Bonchev–Trinajstić information content (AvgIpc) is 2.99. The molecule has 1 saturated heterocycles. The molecule has 1 aromatic heterocycles. The fourth-order valence-corrected chi connectivity index (χ4v) is 3.90. The molecule has 8 heteroatoms. The molecule has 0 radical (unpaired) electrons. The van der Waals surface area contributed by atoms with Crippen molar-refractivity contribution in [2.45, 2.75) is 45.1 Å². The number of thioether (sulfide) groups is 1. The Morgan fingerprint density at radius 2 is 1.84 bits per heavy atom. The molecule has 0 spiro atoms. The van der Waals surface area contributed by atoms with E-state index in [4.69, 9.17) is 4.74 Å². The maximum Gasteiger partial charge on any atom is 0.233 e. The van der Waals surface area contributed by atoms with Gasteiger partial charge in [0, 0.05) is 13.1 Å². The largest absolute Gasteiger partial charge is 0.372 e. The van der Waals surface area contributed by atoms with Crippen LogP contribution < -0.4 is 0 Å². The highest BCUT2D eigenvalue weighted by molar-refractivity contribution is 7.99. The molecule has 0 aliphatic carbocycles. The molecule has 1 aromatic carbocycles. The van der Waals surface area contributed by atoms with Gasteiger partial charge in [0.2, 0.25) is 11.1 Å². The van der Waals surface area contributed by atoms with Crippen LogP contribution in [0.15, 0.2) is 23.4 Å². The van der Waals surface area contributed by atoms with Crippen LogP contribution >= 0.6 is 11.8 Å². The molecule has 2 heterocycles. The van der Waals surface area contributed by atoms with Gasteiger partial charge in [-0.1, -0.05) is 17.8 Å². The highest BCUT2D eigenvalue weighted by Crippen LogP contribution is 2.21. The fraction of sp³-hybridized carbons (Fsp3) is 0.529. The molecule has 1 aliphatic rings. The highest BCUT2D eigenvalue weighted by atomic mass is 32.2. The predicted molar refractivity (Wildman–Crippen MR) is 95.9 cm³/mol. The lowest BCUT2D eigenvalue weighted by Crippen LogP contribution is -2.48. The van der Waals surface area contributed by atoms with Gasteiger partial charge in [-0.15, -0.1) is 5.10 Å². The monoisotopic (exact) mass is 361 g/mol. The summed E-state index contributed by atoms with van der Waals surface area (Å²) in [7, 11) is 0. The third-order valence-corrected chi connectivity index (χ3v) is 4.89. The van der Waals surface area contributed by atoms with Crippen molar-refractivity contribution in [1.82, 2.24) is 25.1 Å². The van der Waals surface area contributed by atoms with Gasteiger partial charge >= 0.3 is 0 Å². The number of nitrogens with zero attached hydrogens (tertiary/aromatic N) is 5. The second-order valence-corrected chi connectivity index (χ2v) is 7.51. The van der Waals surface area contributed by atoms with Gasteiger partial charge in [-0.05, 0) is 61.4 Å². The van der Waals surface area contributed by atoms with Crippen LogP contribution in [0.2, 0.25) is 0 Å². The lowest BCUT2D eigenvalue weighted by atomic mass is 10.1. The minimum Gasteiger partial charge on any atom is -0.372 e. The van der Waals surface area contributed by atoms with Crippen LogP contribution in [-0.2, 0) is 9.53 Å². The van der Waals surface area contributed by atoms with E-state index in [0.29, 0.717) is 24.0 Å². The molecule has 2 aromatic rings. The maximum atomic E-state index is 12.5. The van der Waals surface area contributed by atoms with Crippen LogP contribution in [0, 0.1) is 13.8 Å². The minimum atomic E-state index is 0.0679. The Hall–Kier alpha value is -1.93. The van der Waals surface area contributed by atoms with Crippen molar-refractivity contribution in [3.63, 3.8) is 0 Å². The van der Waals surface area contributed by atoms with E-state index in [1.165, 1.54) is 11.8 Å². The molecule has 134 valence electrons. The van der Waals surface area contributed by atoms with Crippen LogP contribution in [-0.4, -0.2) is 62.1 Å². The molecule has 25 heavy (non-hydrogen) atoms. The number of hydrogen-bond donors (Lipinski definition) is 0. The summed E-state index contributed by atoms with van der Waals surface area (Å²) in [5, 5.41) is 12.5. The van der Waals surface area contributed by atoms with Crippen LogP contribution in [0.3, 0.4) is 0 Å². The number of carbonyl (C=O) groups excluding carboxylic acids is 1. The van der Waals surface area contributed by atoms with E-state index in [1.54, 1.807) is 4.68 Å². The van der Waals surface area contributed by atoms with Crippen LogP contribution in [0.25, 0.3) is 5.69 Å². The second kappa shape index (κ2) is 7.53. The van der Waals surface area contributed by atoms with Gasteiger partial charge < -0.3 is 9.64 Å². The van der Waals surface area contributed by atoms with E-state index in [2.05, 4.69) is 21.6 Å². The van der Waals surface area contributed by atoms with Gasteiger partial charge in [0.1, 0.15) is 0 Å². The molecule has 1 amide bonds. The second-order valence-electron chi connectivity index (χ2n) is 6.56. The number of tetrazole rings is 1. The van der Waals surface area contributed by atoms with Gasteiger partial charge in [0.15, 0.2) is 0 Å². The Bertz CT molecular complexity index is 733. The third kappa shape index (κ3) is 4.38.